The fourth-order valence-corrected chi connectivity index (χ4v) is 2.08. The zero-order chi connectivity index (χ0) is 13.8. The Kier molecular flexibility index (Phi) is 3.89. The number of benzene rings is 1. The minimum Gasteiger partial charge on any atom is -0.385 e. The van der Waals surface area contributed by atoms with Crippen LogP contribution in [0.15, 0.2) is 18.2 Å². The van der Waals surface area contributed by atoms with Crippen LogP contribution in [0.2, 0.25) is 0 Å². The number of amides is 3. The molecule has 0 saturated carbocycles. The summed E-state index contributed by atoms with van der Waals surface area (Å²) < 4.78 is 0. The molecule has 3 amide bonds. The zero-order valence-electron chi connectivity index (χ0n) is 10.8. The highest BCUT2D eigenvalue weighted by Crippen LogP contribution is 2.25. The molecule has 0 saturated heterocycles. The fraction of sp³-hybridized carbons (Fsp3) is 0.385. The van der Waals surface area contributed by atoms with Gasteiger partial charge in [-0.25, -0.2) is 4.79 Å². The molecule has 102 valence electrons. The predicted molar refractivity (Wildman–Crippen MR) is 74.1 cm³/mol. The van der Waals surface area contributed by atoms with Gasteiger partial charge in [-0.05, 0) is 43.5 Å². The van der Waals surface area contributed by atoms with Crippen molar-refractivity contribution in [2.75, 3.05) is 17.2 Å². The molecule has 2 rings (SSSR count). The summed E-state index contributed by atoms with van der Waals surface area (Å²) in [5.74, 6) is -0.289. The maximum Gasteiger partial charge on any atom is 0.312 e. The van der Waals surface area contributed by atoms with Gasteiger partial charge >= 0.3 is 6.03 Å². The first-order valence-corrected chi connectivity index (χ1v) is 6.30. The van der Waals surface area contributed by atoms with Gasteiger partial charge in [-0.3, -0.25) is 4.79 Å². The molecule has 0 spiro atoms. The molecule has 1 aromatic carbocycles. The summed E-state index contributed by atoms with van der Waals surface area (Å²) >= 11 is 0. The molecule has 0 radical (unpaired) electrons. The molecule has 1 heterocycles. The topological polar surface area (TPSA) is 96.2 Å². The van der Waals surface area contributed by atoms with Gasteiger partial charge in [0.1, 0.15) is 6.04 Å². The number of fused-ring (bicyclic) bond motifs is 1. The van der Waals surface area contributed by atoms with Crippen molar-refractivity contribution in [1.29, 1.82) is 0 Å². The average molecular weight is 262 g/mol. The van der Waals surface area contributed by atoms with Gasteiger partial charge in [0, 0.05) is 17.9 Å². The van der Waals surface area contributed by atoms with E-state index >= 15 is 0 Å². The lowest BCUT2D eigenvalue weighted by molar-refractivity contribution is -0.117. The highest BCUT2D eigenvalue weighted by molar-refractivity contribution is 5.96. The number of anilines is 2. The molecule has 1 aliphatic rings. The lowest BCUT2D eigenvalue weighted by Gasteiger charge is -2.19. The maximum absolute atomic E-state index is 11.8. The van der Waals surface area contributed by atoms with Crippen molar-refractivity contribution in [3.05, 3.63) is 23.8 Å². The van der Waals surface area contributed by atoms with Crippen molar-refractivity contribution in [2.24, 2.45) is 5.73 Å². The van der Waals surface area contributed by atoms with Crippen LogP contribution in [0.1, 0.15) is 18.9 Å². The quantitative estimate of drug-likeness (QED) is 0.655. The lowest BCUT2D eigenvalue weighted by Crippen LogP contribution is -2.44. The Bertz CT molecular complexity index is 501. The molecular weight excluding hydrogens is 244 g/mol. The van der Waals surface area contributed by atoms with Gasteiger partial charge in [0.2, 0.25) is 5.91 Å². The van der Waals surface area contributed by atoms with E-state index in [1.165, 1.54) is 5.56 Å². The normalized spacial score (nSPS) is 14.8. The van der Waals surface area contributed by atoms with E-state index in [1.807, 2.05) is 18.2 Å². The molecule has 0 fully saturated rings. The van der Waals surface area contributed by atoms with Gasteiger partial charge < -0.3 is 21.7 Å². The van der Waals surface area contributed by atoms with E-state index in [2.05, 4.69) is 16.0 Å². The molecule has 1 aromatic rings. The summed E-state index contributed by atoms with van der Waals surface area (Å²) in [4.78, 5) is 22.5. The van der Waals surface area contributed by atoms with E-state index < -0.39 is 12.1 Å². The Hall–Kier alpha value is -2.24. The number of urea groups is 1. The van der Waals surface area contributed by atoms with Crippen LogP contribution in [0, 0.1) is 0 Å². The lowest BCUT2D eigenvalue weighted by atomic mass is 10.0. The van der Waals surface area contributed by atoms with Crippen molar-refractivity contribution in [3.63, 3.8) is 0 Å². The molecule has 0 aromatic heterocycles. The first kappa shape index (κ1) is 13.2. The van der Waals surface area contributed by atoms with Crippen LogP contribution in [-0.2, 0) is 11.2 Å². The molecule has 0 aliphatic carbocycles. The van der Waals surface area contributed by atoms with Gasteiger partial charge in [-0.15, -0.1) is 0 Å². The summed E-state index contributed by atoms with van der Waals surface area (Å²) in [6.07, 6.45) is 2.09. The number of rotatable bonds is 3. The van der Waals surface area contributed by atoms with E-state index in [1.54, 1.807) is 6.92 Å². The van der Waals surface area contributed by atoms with Crippen LogP contribution in [0.4, 0.5) is 16.2 Å². The van der Waals surface area contributed by atoms with Crippen molar-refractivity contribution < 1.29 is 9.59 Å². The standard InChI is InChI=1S/C13H18N4O2/c1-8(16-13(14)19)12(18)17-10-4-5-11-9(7-10)3-2-6-15-11/h4-5,7-8,15H,2-3,6H2,1H3,(H,17,18)(H3,14,16,19). The fourth-order valence-electron chi connectivity index (χ4n) is 2.08. The predicted octanol–water partition coefficient (Wildman–Crippen LogP) is 1.04. The number of nitrogens with one attached hydrogen (secondary N) is 3. The number of hydrogen-bond donors (Lipinski definition) is 4. The summed E-state index contributed by atoms with van der Waals surface area (Å²) in [5, 5.41) is 8.41. The molecule has 1 unspecified atom stereocenters. The molecule has 6 nitrogen and oxygen atoms in total. The Morgan fingerprint density at radius 3 is 2.95 bits per heavy atom. The third kappa shape index (κ3) is 3.37. The molecule has 0 bridgehead atoms. The highest BCUT2D eigenvalue weighted by Gasteiger charge is 2.15. The Morgan fingerprint density at radius 1 is 1.42 bits per heavy atom. The van der Waals surface area contributed by atoms with E-state index in [0.717, 1.165) is 30.8 Å². The van der Waals surface area contributed by atoms with Crippen LogP contribution in [0.5, 0.6) is 0 Å². The van der Waals surface area contributed by atoms with Crippen molar-refractivity contribution >= 4 is 23.3 Å². The molecule has 19 heavy (non-hydrogen) atoms. The SMILES string of the molecule is CC(NC(N)=O)C(=O)Nc1ccc2c(c1)CCCN2. The van der Waals surface area contributed by atoms with Crippen molar-refractivity contribution in [2.45, 2.75) is 25.8 Å². The zero-order valence-corrected chi connectivity index (χ0v) is 10.8. The van der Waals surface area contributed by atoms with Gasteiger partial charge in [0.25, 0.3) is 0 Å². The van der Waals surface area contributed by atoms with E-state index in [9.17, 15) is 9.59 Å². The second-order valence-electron chi connectivity index (χ2n) is 4.62. The molecule has 1 aliphatic heterocycles. The van der Waals surface area contributed by atoms with Crippen LogP contribution in [0.3, 0.4) is 0 Å². The highest BCUT2D eigenvalue weighted by atomic mass is 16.2. The number of primary amides is 1. The third-order valence-corrected chi connectivity index (χ3v) is 3.06. The summed E-state index contributed by atoms with van der Waals surface area (Å²) in [6, 6.07) is 4.38. The van der Waals surface area contributed by atoms with E-state index in [0.29, 0.717) is 0 Å². The van der Waals surface area contributed by atoms with Crippen molar-refractivity contribution in [1.82, 2.24) is 5.32 Å². The largest absolute Gasteiger partial charge is 0.385 e. The minimum absolute atomic E-state index is 0.289. The first-order valence-electron chi connectivity index (χ1n) is 6.30. The van der Waals surface area contributed by atoms with E-state index in [4.69, 9.17) is 5.73 Å². The second kappa shape index (κ2) is 5.60. The van der Waals surface area contributed by atoms with E-state index in [-0.39, 0.29) is 5.91 Å². The van der Waals surface area contributed by atoms with Gasteiger partial charge in [0.05, 0.1) is 0 Å². The molecule has 6 heteroatoms. The first-order chi connectivity index (χ1) is 9.06. The Balaban J connectivity index is 2.03. The Labute approximate surface area is 111 Å². The Morgan fingerprint density at radius 2 is 2.21 bits per heavy atom. The average Bonchev–Trinajstić information content (AvgIpc) is 2.37. The number of aryl methyl sites for hydroxylation is 1. The minimum atomic E-state index is -0.711. The van der Waals surface area contributed by atoms with Crippen molar-refractivity contribution in [3.8, 4) is 0 Å². The molecule has 5 N–H and O–H groups in total. The van der Waals surface area contributed by atoms with Crippen LogP contribution in [0.25, 0.3) is 0 Å². The van der Waals surface area contributed by atoms with Crippen LogP contribution < -0.4 is 21.7 Å². The van der Waals surface area contributed by atoms with Gasteiger partial charge in [-0.1, -0.05) is 0 Å². The second-order valence-corrected chi connectivity index (χ2v) is 4.62. The summed E-state index contributed by atoms with van der Waals surface area (Å²) in [7, 11) is 0. The number of hydrogen-bond acceptors (Lipinski definition) is 3. The van der Waals surface area contributed by atoms with Gasteiger partial charge in [-0.2, -0.15) is 0 Å². The molecule has 1 atom stereocenters. The van der Waals surface area contributed by atoms with Crippen LogP contribution in [-0.4, -0.2) is 24.5 Å². The maximum atomic E-state index is 11.8. The molecular formula is C13H18N4O2. The smallest absolute Gasteiger partial charge is 0.312 e. The van der Waals surface area contributed by atoms with Crippen LogP contribution >= 0.6 is 0 Å². The summed E-state index contributed by atoms with van der Waals surface area (Å²) in [6.45, 7) is 2.57. The monoisotopic (exact) mass is 262 g/mol. The van der Waals surface area contributed by atoms with Gasteiger partial charge in [0.15, 0.2) is 0 Å². The third-order valence-electron chi connectivity index (χ3n) is 3.06. The number of nitrogens with two attached hydrogens (primary N) is 1. The summed E-state index contributed by atoms with van der Waals surface area (Å²) in [5.41, 5.74) is 8.02. The number of carbonyl (C=O) groups is 2. The number of carbonyl (C=O) groups excluding carboxylic acids is 2.